The van der Waals surface area contributed by atoms with Crippen molar-refractivity contribution in [2.45, 2.75) is 17.7 Å². The van der Waals surface area contributed by atoms with Crippen LogP contribution in [0.25, 0.3) is 0 Å². The number of piperazine rings is 1. The van der Waals surface area contributed by atoms with Gasteiger partial charge >= 0.3 is 5.69 Å². The lowest BCUT2D eigenvalue weighted by Crippen LogP contribution is -2.47. The normalized spacial score (nSPS) is 17.7. The number of rotatable bonds is 7. The Morgan fingerprint density at radius 3 is 2.43 bits per heavy atom. The van der Waals surface area contributed by atoms with Gasteiger partial charge in [0.25, 0.3) is 0 Å². The van der Waals surface area contributed by atoms with E-state index < -0.39 is 20.4 Å². The summed E-state index contributed by atoms with van der Waals surface area (Å²) < 4.78 is 24.0. The first kappa shape index (κ1) is 20.6. The number of anilines is 3. The summed E-state index contributed by atoms with van der Waals surface area (Å²) in [5.74, 6) is 0.891. The van der Waals surface area contributed by atoms with E-state index >= 15 is 0 Å². The number of nitrogens with one attached hydrogen (secondary N) is 1. The predicted molar refractivity (Wildman–Crippen MR) is 117 cm³/mol. The first-order valence-corrected chi connectivity index (χ1v) is 12.0. The fourth-order valence-electron chi connectivity index (χ4n) is 3.90. The fourth-order valence-corrected chi connectivity index (χ4v) is 4.76. The molecule has 8 nitrogen and oxygen atoms in total. The lowest BCUT2D eigenvalue weighted by molar-refractivity contribution is -0.386. The molecule has 1 saturated carbocycles. The predicted octanol–water partition coefficient (Wildman–Crippen LogP) is 3.27. The minimum Gasteiger partial charge on any atom is -0.369 e. The maximum atomic E-state index is 12.0. The lowest BCUT2D eigenvalue weighted by Gasteiger charge is -2.36. The number of nitrogens with zero attached hydrogens (tertiary/aromatic N) is 3. The van der Waals surface area contributed by atoms with Gasteiger partial charge < -0.3 is 10.2 Å². The largest absolute Gasteiger partial charge is 0.369 e. The molecule has 2 fully saturated rings. The standard InChI is InChI=1S/C21H26N4O4S/c1-30(28,29)20-7-3-6-19(21(20)25(26)27)22-17-4-2-5-18(14-17)24-12-10-23(11-13-24)15-16-8-9-16/h2-7,14,16,22H,8-13,15H2,1H3. The second-order valence-corrected chi connectivity index (χ2v) is 10.1. The minimum atomic E-state index is -3.72. The van der Waals surface area contributed by atoms with Crippen LogP contribution in [0.3, 0.4) is 0 Å². The SMILES string of the molecule is CS(=O)(=O)c1cccc(Nc2cccc(N3CCN(CC4CC4)CC3)c2)c1[N+](=O)[O-]. The molecule has 9 heteroatoms. The van der Waals surface area contributed by atoms with Crippen LogP contribution < -0.4 is 10.2 Å². The topological polar surface area (TPSA) is 95.8 Å². The molecule has 1 heterocycles. The Morgan fingerprint density at radius 1 is 1.10 bits per heavy atom. The van der Waals surface area contributed by atoms with E-state index in [0.29, 0.717) is 5.69 Å². The summed E-state index contributed by atoms with van der Waals surface area (Å²) in [4.78, 5) is 15.5. The highest BCUT2D eigenvalue weighted by molar-refractivity contribution is 7.90. The summed E-state index contributed by atoms with van der Waals surface area (Å²) in [5, 5.41) is 14.6. The Balaban J connectivity index is 1.52. The van der Waals surface area contributed by atoms with E-state index in [4.69, 9.17) is 0 Å². The van der Waals surface area contributed by atoms with Crippen molar-refractivity contribution in [1.29, 1.82) is 0 Å². The van der Waals surface area contributed by atoms with E-state index in [1.165, 1.54) is 37.6 Å². The molecule has 0 amide bonds. The number of nitro benzene ring substituents is 1. The highest BCUT2D eigenvalue weighted by atomic mass is 32.2. The van der Waals surface area contributed by atoms with Crippen molar-refractivity contribution in [1.82, 2.24) is 4.90 Å². The average molecular weight is 431 g/mol. The second kappa shape index (κ2) is 8.23. The number of para-hydroxylation sites is 1. The van der Waals surface area contributed by atoms with Gasteiger partial charge in [-0.1, -0.05) is 12.1 Å². The quantitative estimate of drug-likeness (QED) is 0.532. The highest BCUT2D eigenvalue weighted by Gasteiger charge is 2.27. The van der Waals surface area contributed by atoms with Crippen molar-refractivity contribution in [3.63, 3.8) is 0 Å². The average Bonchev–Trinajstić information content (AvgIpc) is 3.52. The third kappa shape index (κ3) is 4.73. The zero-order valence-corrected chi connectivity index (χ0v) is 17.8. The number of hydrogen-bond acceptors (Lipinski definition) is 7. The summed E-state index contributed by atoms with van der Waals surface area (Å²) in [5.41, 5.74) is 1.46. The van der Waals surface area contributed by atoms with Crippen LogP contribution in [0.2, 0.25) is 0 Å². The molecule has 160 valence electrons. The third-order valence-electron chi connectivity index (χ3n) is 5.66. The summed E-state index contributed by atoms with van der Waals surface area (Å²) in [6.07, 6.45) is 3.70. The summed E-state index contributed by atoms with van der Waals surface area (Å²) >= 11 is 0. The molecule has 2 aliphatic rings. The summed E-state index contributed by atoms with van der Waals surface area (Å²) in [7, 11) is -3.72. The van der Waals surface area contributed by atoms with Crippen molar-refractivity contribution < 1.29 is 13.3 Å². The van der Waals surface area contributed by atoms with Crippen molar-refractivity contribution in [3.8, 4) is 0 Å². The van der Waals surface area contributed by atoms with Crippen LogP contribution in [0.15, 0.2) is 47.4 Å². The molecule has 0 aromatic heterocycles. The molecule has 2 aromatic rings. The molecule has 1 saturated heterocycles. The van der Waals surface area contributed by atoms with E-state index in [9.17, 15) is 18.5 Å². The van der Waals surface area contributed by atoms with Gasteiger partial charge in [0.05, 0.1) is 4.92 Å². The maximum absolute atomic E-state index is 12.0. The lowest BCUT2D eigenvalue weighted by atomic mass is 10.2. The molecule has 0 bridgehead atoms. The van der Waals surface area contributed by atoms with Gasteiger partial charge in [0.1, 0.15) is 10.6 Å². The first-order chi connectivity index (χ1) is 14.3. The molecule has 0 radical (unpaired) electrons. The van der Waals surface area contributed by atoms with Gasteiger partial charge in [-0.15, -0.1) is 0 Å². The van der Waals surface area contributed by atoms with E-state index in [1.54, 1.807) is 0 Å². The van der Waals surface area contributed by atoms with E-state index in [1.807, 2.05) is 24.3 Å². The molecule has 4 rings (SSSR count). The molecule has 1 aliphatic carbocycles. The number of hydrogen-bond donors (Lipinski definition) is 1. The Morgan fingerprint density at radius 2 is 1.80 bits per heavy atom. The molecule has 0 unspecified atom stereocenters. The van der Waals surface area contributed by atoms with Crippen LogP contribution in [0, 0.1) is 16.0 Å². The Bertz CT molecular complexity index is 1040. The van der Waals surface area contributed by atoms with Crippen LogP contribution in [-0.4, -0.2) is 57.2 Å². The van der Waals surface area contributed by atoms with E-state index in [2.05, 4.69) is 15.1 Å². The second-order valence-electron chi connectivity index (χ2n) is 8.09. The van der Waals surface area contributed by atoms with Gasteiger partial charge in [-0.3, -0.25) is 15.0 Å². The monoisotopic (exact) mass is 430 g/mol. The molecule has 30 heavy (non-hydrogen) atoms. The fraction of sp³-hybridized carbons (Fsp3) is 0.429. The first-order valence-electron chi connectivity index (χ1n) is 10.1. The van der Waals surface area contributed by atoms with E-state index in [0.717, 1.165) is 44.0 Å². The molecule has 1 N–H and O–H groups in total. The van der Waals surface area contributed by atoms with Crippen LogP contribution in [0.5, 0.6) is 0 Å². The van der Waals surface area contributed by atoms with Gasteiger partial charge in [-0.05, 0) is 49.1 Å². The smallest absolute Gasteiger partial charge is 0.311 e. The van der Waals surface area contributed by atoms with Crippen LogP contribution in [0.1, 0.15) is 12.8 Å². The van der Waals surface area contributed by atoms with Gasteiger partial charge in [0.2, 0.25) is 0 Å². The molecule has 0 spiro atoms. The van der Waals surface area contributed by atoms with Gasteiger partial charge in [0.15, 0.2) is 9.84 Å². The summed E-state index contributed by atoms with van der Waals surface area (Å²) in [6.45, 7) is 5.17. The van der Waals surface area contributed by atoms with Crippen molar-refractivity contribution in [2.75, 3.05) is 49.2 Å². The zero-order valence-electron chi connectivity index (χ0n) is 17.0. The van der Waals surface area contributed by atoms with Crippen LogP contribution in [0.4, 0.5) is 22.7 Å². The van der Waals surface area contributed by atoms with Gasteiger partial charge in [-0.2, -0.15) is 0 Å². The summed E-state index contributed by atoms with van der Waals surface area (Å²) in [6, 6.07) is 12.0. The Hall–Kier alpha value is -2.65. The Kier molecular flexibility index (Phi) is 5.66. The van der Waals surface area contributed by atoms with Gasteiger partial charge in [0, 0.05) is 50.4 Å². The molecular formula is C21H26N4O4S. The van der Waals surface area contributed by atoms with Crippen molar-refractivity contribution in [3.05, 3.63) is 52.6 Å². The maximum Gasteiger partial charge on any atom is 0.311 e. The molecule has 1 aliphatic heterocycles. The number of sulfone groups is 1. The van der Waals surface area contributed by atoms with E-state index in [-0.39, 0.29) is 10.6 Å². The molecule has 2 aromatic carbocycles. The number of benzene rings is 2. The van der Waals surface area contributed by atoms with Crippen molar-refractivity contribution >= 4 is 32.6 Å². The van der Waals surface area contributed by atoms with Gasteiger partial charge in [-0.25, -0.2) is 8.42 Å². The highest BCUT2D eigenvalue weighted by Crippen LogP contribution is 2.35. The molecule has 0 atom stereocenters. The van der Waals surface area contributed by atoms with Crippen LogP contribution in [-0.2, 0) is 9.84 Å². The Labute approximate surface area is 176 Å². The van der Waals surface area contributed by atoms with Crippen molar-refractivity contribution in [2.24, 2.45) is 5.92 Å². The third-order valence-corrected chi connectivity index (χ3v) is 6.79. The minimum absolute atomic E-state index is 0.161. The zero-order chi connectivity index (χ0) is 21.3. The molecular weight excluding hydrogens is 404 g/mol. The van der Waals surface area contributed by atoms with Crippen LogP contribution >= 0.6 is 0 Å². The number of nitro groups is 1.